The minimum Gasteiger partial charge on any atom is -0.313 e. The summed E-state index contributed by atoms with van der Waals surface area (Å²) < 4.78 is 4.15. The Morgan fingerprint density at radius 2 is 1.76 bits per heavy atom. The zero-order valence-corrected chi connectivity index (χ0v) is 17.3. The second-order valence-corrected chi connectivity index (χ2v) is 8.56. The maximum atomic E-state index is 13.4. The molecular weight excluding hydrogens is 360 g/mol. The molecule has 2 heterocycles. The highest BCUT2D eigenvalue weighted by atomic mass is 16.1. The molecule has 152 valence electrons. The van der Waals surface area contributed by atoms with Crippen LogP contribution in [0, 0.1) is 0 Å². The quantitative estimate of drug-likeness (QED) is 0.693. The van der Waals surface area contributed by atoms with Gasteiger partial charge in [0.05, 0.1) is 12.7 Å². The zero-order valence-electron chi connectivity index (χ0n) is 17.3. The lowest BCUT2D eigenvalue weighted by atomic mass is 9.88. The number of hydrogen-bond donors (Lipinski definition) is 1. The highest BCUT2D eigenvalue weighted by Crippen LogP contribution is 2.35. The van der Waals surface area contributed by atoms with E-state index in [-0.39, 0.29) is 5.56 Å². The van der Waals surface area contributed by atoms with Crippen LogP contribution in [0.4, 0.5) is 0 Å². The molecular formula is C24H30N4O. The van der Waals surface area contributed by atoms with Crippen molar-refractivity contribution in [1.82, 2.24) is 19.7 Å². The summed E-state index contributed by atoms with van der Waals surface area (Å²) in [6.45, 7) is 4.70. The van der Waals surface area contributed by atoms with Crippen molar-refractivity contribution in [1.29, 1.82) is 0 Å². The molecule has 0 saturated heterocycles. The minimum atomic E-state index is 0.250. The first-order chi connectivity index (χ1) is 14.3. The van der Waals surface area contributed by atoms with Crippen LogP contribution in [0.3, 0.4) is 0 Å². The summed E-state index contributed by atoms with van der Waals surface area (Å²) in [7, 11) is 0. The molecule has 3 aromatic rings. The lowest BCUT2D eigenvalue weighted by Crippen LogP contribution is -2.34. The molecule has 1 aromatic carbocycles. The van der Waals surface area contributed by atoms with E-state index in [0.29, 0.717) is 12.6 Å². The fraction of sp³-hybridized carbons (Fsp3) is 0.500. The average Bonchev–Trinajstić information content (AvgIpc) is 3.12. The molecule has 5 rings (SSSR count). The zero-order chi connectivity index (χ0) is 19.8. The van der Waals surface area contributed by atoms with E-state index in [0.717, 1.165) is 56.4 Å². The number of aromatic nitrogens is 3. The Bertz CT molecular complexity index is 1070. The van der Waals surface area contributed by atoms with Crippen LogP contribution in [0.5, 0.6) is 0 Å². The number of nitrogens with one attached hydrogen (secondary N) is 1. The van der Waals surface area contributed by atoms with Gasteiger partial charge in [0, 0.05) is 23.5 Å². The van der Waals surface area contributed by atoms with E-state index in [4.69, 9.17) is 5.10 Å². The summed E-state index contributed by atoms with van der Waals surface area (Å²) >= 11 is 0. The van der Waals surface area contributed by atoms with Gasteiger partial charge in [0.2, 0.25) is 0 Å². The van der Waals surface area contributed by atoms with E-state index in [9.17, 15) is 4.79 Å². The fourth-order valence-electron chi connectivity index (χ4n) is 4.83. The summed E-state index contributed by atoms with van der Waals surface area (Å²) in [6.07, 6.45) is 9.69. The monoisotopic (exact) mass is 390 g/mol. The van der Waals surface area contributed by atoms with Gasteiger partial charge in [0.25, 0.3) is 5.56 Å². The third-order valence-electron chi connectivity index (χ3n) is 6.68. The summed E-state index contributed by atoms with van der Waals surface area (Å²) in [5, 5.41) is 9.33. The third-order valence-corrected chi connectivity index (χ3v) is 6.68. The molecule has 1 N–H and O–H groups in total. The van der Waals surface area contributed by atoms with Crippen LogP contribution < -0.4 is 10.9 Å². The first-order valence-electron chi connectivity index (χ1n) is 11.2. The van der Waals surface area contributed by atoms with Gasteiger partial charge in [-0.2, -0.15) is 5.10 Å². The molecule has 0 spiro atoms. The van der Waals surface area contributed by atoms with Gasteiger partial charge in [-0.25, -0.2) is 4.68 Å². The number of pyridine rings is 1. The van der Waals surface area contributed by atoms with Crippen molar-refractivity contribution in [3.05, 3.63) is 63.1 Å². The Labute approximate surface area is 171 Å². The normalized spacial score (nSPS) is 16.7. The van der Waals surface area contributed by atoms with Crippen molar-refractivity contribution >= 4 is 11.0 Å². The van der Waals surface area contributed by atoms with E-state index in [1.807, 2.05) is 6.20 Å². The summed E-state index contributed by atoms with van der Waals surface area (Å²) in [6, 6.07) is 9.08. The largest absolute Gasteiger partial charge is 0.313 e. The molecule has 1 saturated carbocycles. The van der Waals surface area contributed by atoms with Crippen molar-refractivity contribution in [3.63, 3.8) is 0 Å². The summed E-state index contributed by atoms with van der Waals surface area (Å²) in [5.41, 5.74) is 6.13. The van der Waals surface area contributed by atoms with Crippen molar-refractivity contribution in [2.24, 2.45) is 0 Å². The number of aryl methyl sites for hydroxylation is 1. The van der Waals surface area contributed by atoms with Gasteiger partial charge >= 0.3 is 0 Å². The molecule has 2 aromatic heterocycles. The van der Waals surface area contributed by atoms with Gasteiger partial charge < -0.3 is 5.32 Å². The van der Waals surface area contributed by atoms with Crippen molar-refractivity contribution < 1.29 is 0 Å². The molecule has 2 aliphatic rings. The number of hydrogen-bond acceptors (Lipinski definition) is 3. The highest BCUT2D eigenvalue weighted by Gasteiger charge is 2.28. The summed E-state index contributed by atoms with van der Waals surface area (Å²) in [5.74, 6) is 0. The molecule has 5 heteroatoms. The first-order valence-corrected chi connectivity index (χ1v) is 11.2. The minimum absolute atomic E-state index is 0.250. The average molecular weight is 391 g/mol. The van der Waals surface area contributed by atoms with Gasteiger partial charge in [0.15, 0.2) is 0 Å². The highest BCUT2D eigenvalue weighted by molar-refractivity contribution is 5.81. The predicted octanol–water partition coefficient (Wildman–Crippen LogP) is 3.96. The Balaban J connectivity index is 1.56. The van der Waals surface area contributed by atoms with E-state index in [1.165, 1.54) is 34.9 Å². The Morgan fingerprint density at radius 1 is 1.03 bits per heavy atom. The van der Waals surface area contributed by atoms with Gasteiger partial charge in [-0.1, -0.05) is 31.2 Å². The van der Waals surface area contributed by atoms with Gasteiger partial charge in [-0.15, -0.1) is 0 Å². The molecule has 0 amide bonds. The number of benzene rings is 1. The number of nitrogens with zero attached hydrogens (tertiary/aromatic N) is 3. The van der Waals surface area contributed by atoms with E-state index < -0.39 is 0 Å². The lowest BCUT2D eigenvalue weighted by Gasteiger charge is -2.30. The van der Waals surface area contributed by atoms with Crippen molar-refractivity contribution in [2.45, 2.75) is 71.0 Å². The molecule has 0 radical (unpaired) electrons. The van der Waals surface area contributed by atoms with E-state index in [2.05, 4.69) is 45.8 Å². The van der Waals surface area contributed by atoms with Gasteiger partial charge in [-0.05, 0) is 68.2 Å². The smallest absolute Gasteiger partial charge is 0.255 e. The SMILES string of the molecule is CCNCc1ccc(Cn2ncc3c4c(c(=O)n(C5CCC5)c32)CCCC4)cc1. The van der Waals surface area contributed by atoms with Gasteiger partial charge in [0.1, 0.15) is 5.65 Å². The molecule has 0 atom stereocenters. The van der Waals surface area contributed by atoms with Crippen LogP contribution in [0.15, 0.2) is 35.3 Å². The van der Waals surface area contributed by atoms with Crippen molar-refractivity contribution in [2.75, 3.05) is 6.54 Å². The molecule has 5 nitrogen and oxygen atoms in total. The Morgan fingerprint density at radius 3 is 2.45 bits per heavy atom. The lowest BCUT2D eigenvalue weighted by molar-refractivity contribution is 0.309. The van der Waals surface area contributed by atoms with E-state index in [1.54, 1.807) is 0 Å². The fourth-order valence-corrected chi connectivity index (χ4v) is 4.83. The molecule has 2 aliphatic carbocycles. The standard InChI is InChI=1S/C24H30N4O/c1-2-25-14-17-10-12-18(13-11-17)16-27-23-22(15-26-27)20-8-3-4-9-21(20)24(29)28(23)19-6-5-7-19/h10-13,15,19,25H,2-9,14,16H2,1H3. The molecule has 29 heavy (non-hydrogen) atoms. The van der Waals surface area contributed by atoms with Crippen LogP contribution >= 0.6 is 0 Å². The van der Waals surface area contributed by atoms with Crippen LogP contribution in [0.1, 0.15) is 67.3 Å². The first kappa shape index (κ1) is 18.6. The Hall–Kier alpha value is -2.40. The second kappa shape index (κ2) is 7.79. The van der Waals surface area contributed by atoms with Crippen LogP contribution in [-0.4, -0.2) is 20.9 Å². The maximum Gasteiger partial charge on any atom is 0.255 e. The van der Waals surface area contributed by atoms with E-state index >= 15 is 0 Å². The van der Waals surface area contributed by atoms with Crippen LogP contribution in [0.25, 0.3) is 11.0 Å². The van der Waals surface area contributed by atoms with Crippen molar-refractivity contribution in [3.8, 4) is 0 Å². The molecule has 1 fully saturated rings. The molecule has 0 unspecified atom stereocenters. The summed E-state index contributed by atoms with van der Waals surface area (Å²) in [4.78, 5) is 13.4. The Kier molecular flexibility index (Phi) is 5.00. The van der Waals surface area contributed by atoms with Crippen LogP contribution in [-0.2, 0) is 25.9 Å². The van der Waals surface area contributed by atoms with Gasteiger partial charge in [-0.3, -0.25) is 9.36 Å². The van der Waals surface area contributed by atoms with Crippen LogP contribution in [0.2, 0.25) is 0 Å². The third kappa shape index (κ3) is 3.31. The predicted molar refractivity (Wildman–Crippen MR) is 116 cm³/mol. The molecule has 0 aliphatic heterocycles. The topological polar surface area (TPSA) is 51.9 Å². The maximum absolute atomic E-state index is 13.4. The molecule has 0 bridgehead atoms. The number of fused-ring (bicyclic) bond motifs is 3. The second-order valence-electron chi connectivity index (χ2n) is 8.56. The number of rotatable bonds is 6.